The second-order valence-electron chi connectivity index (χ2n) is 4.37. The summed E-state index contributed by atoms with van der Waals surface area (Å²) < 4.78 is 5.02. The lowest BCUT2D eigenvalue weighted by molar-refractivity contribution is -0.384. The maximum atomic E-state index is 10.8. The molecule has 100 valence electrons. The zero-order chi connectivity index (χ0) is 13.8. The van der Waals surface area contributed by atoms with Crippen molar-refractivity contribution in [2.75, 3.05) is 19.0 Å². The molecule has 1 aromatic rings. The molecule has 1 aromatic carbocycles. The summed E-state index contributed by atoms with van der Waals surface area (Å²) in [7, 11) is 1.45. The topological polar surface area (TPSA) is 84.6 Å². The van der Waals surface area contributed by atoms with Crippen LogP contribution in [0, 0.1) is 10.1 Å². The molecule has 18 heavy (non-hydrogen) atoms. The van der Waals surface area contributed by atoms with Crippen molar-refractivity contribution >= 4 is 11.4 Å². The number of benzene rings is 1. The second kappa shape index (κ2) is 5.68. The largest absolute Gasteiger partial charge is 0.496 e. The van der Waals surface area contributed by atoms with Crippen LogP contribution < -0.4 is 10.1 Å². The van der Waals surface area contributed by atoms with E-state index in [2.05, 4.69) is 5.32 Å². The lowest BCUT2D eigenvalue weighted by Gasteiger charge is -2.28. The molecule has 0 radical (unpaired) electrons. The van der Waals surface area contributed by atoms with Gasteiger partial charge in [-0.1, -0.05) is 6.92 Å². The third-order valence-electron chi connectivity index (χ3n) is 2.91. The van der Waals surface area contributed by atoms with Crippen LogP contribution in [0.3, 0.4) is 0 Å². The fourth-order valence-corrected chi connectivity index (χ4v) is 1.47. The number of aliphatic hydroxyl groups is 1. The van der Waals surface area contributed by atoms with Crippen molar-refractivity contribution in [1.82, 2.24) is 0 Å². The number of nitro groups is 1. The Hall–Kier alpha value is -1.82. The highest BCUT2D eigenvalue weighted by molar-refractivity contribution is 5.57. The molecular weight excluding hydrogens is 236 g/mol. The third kappa shape index (κ3) is 3.33. The lowest BCUT2D eigenvalue weighted by Crippen LogP contribution is -2.37. The van der Waals surface area contributed by atoms with Crippen LogP contribution in [0.4, 0.5) is 11.4 Å². The highest BCUT2D eigenvalue weighted by Crippen LogP contribution is 2.28. The van der Waals surface area contributed by atoms with E-state index in [0.29, 0.717) is 17.9 Å². The summed E-state index contributed by atoms with van der Waals surface area (Å²) in [5.41, 5.74) is -0.00653. The smallest absolute Gasteiger partial charge is 0.275 e. The maximum Gasteiger partial charge on any atom is 0.275 e. The van der Waals surface area contributed by atoms with Gasteiger partial charge in [-0.3, -0.25) is 10.1 Å². The number of rotatable bonds is 6. The molecule has 0 amide bonds. The van der Waals surface area contributed by atoms with E-state index < -0.39 is 10.5 Å². The molecule has 0 aromatic heterocycles. The molecule has 6 nitrogen and oxygen atoms in total. The fraction of sp³-hybridized carbons (Fsp3) is 0.500. The number of aliphatic hydroxyl groups excluding tert-OH is 1. The molecule has 0 heterocycles. The summed E-state index contributed by atoms with van der Waals surface area (Å²) in [6, 6.07) is 4.44. The van der Waals surface area contributed by atoms with Gasteiger partial charge in [-0.05, 0) is 13.3 Å². The van der Waals surface area contributed by atoms with E-state index in [1.54, 1.807) is 6.07 Å². The van der Waals surface area contributed by atoms with Gasteiger partial charge < -0.3 is 15.2 Å². The minimum absolute atomic E-state index is 0.0479. The first-order chi connectivity index (χ1) is 8.44. The summed E-state index contributed by atoms with van der Waals surface area (Å²) >= 11 is 0. The SMILES string of the molecule is CCC(C)(CO)Nc1cc(OC)cc([N+](=O)[O-])c1. The Labute approximate surface area is 106 Å². The average Bonchev–Trinajstić information content (AvgIpc) is 2.38. The average molecular weight is 254 g/mol. The first kappa shape index (κ1) is 14.2. The summed E-state index contributed by atoms with van der Waals surface area (Å²) in [6.45, 7) is 3.71. The summed E-state index contributed by atoms with van der Waals surface area (Å²) in [6.07, 6.45) is 0.689. The van der Waals surface area contributed by atoms with Gasteiger partial charge in [-0.2, -0.15) is 0 Å². The highest BCUT2D eigenvalue weighted by atomic mass is 16.6. The van der Waals surface area contributed by atoms with Crippen LogP contribution in [-0.2, 0) is 0 Å². The Bertz CT molecular complexity index is 430. The zero-order valence-electron chi connectivity index (χ0n) is 10.8. The van der Waals surface area contributed by atoms with E-state index in [1.165, 1.54) is 19.2 Å². The predicted molar refractivity (Wildman–Crippen MR) is 69.1 cm³/mol. The molecule has 0 fully saturated rings. The highest BCUT2D eigenvalue weighted by Gasteiger charge is 2.21. The number of methoxy groups -OCH3 is 1. The van der Waals surface area contributed by atoms with Crippen molar-refractivity contribution in [1.29, 1.82) is 0 Å². The van der Waals surface area contributed by atoms with E-state index >= 15 is 0 Å². The number of nitrogens with one attached hydrogen (secondary N) is 1. The Balaban J connectivity index is 3.08. The molecule has 0 aliphatic rings. The molecule has 1 rings (SSSR count). The number of non-ortho nitro benzene ring substituents is 1. The first-order valence-corrected chi connectivity index (χ1v) is 5.66. The minimum atomic E-state index is -0.514. The monoisotopic (exact) mass is 254 g/mol. The van der Waals surface area contributed by atoms with Crippen LogP contribution in [0.2, 0.25) is 0 Å². The number of anilines is 1. The lowest BCUT2D eigenvalue weighted by atomic mass is 10.00. The number of nitro benzene ring substituents is 1. The van der Waals surface area contributed by atoms with Crippen LogP contribution in [0.1, 0.15) is 20.3 Å². The number of ether oxygens (including phenoxy) is 1. The number of nitrogens with zero attached hydrogens (tertiary/aromatic N) is 1. The molecule has 0 saturated carbocycles. The van der Waals surface area contributed by atoms with E-state index in [1.807, 2.05) is 13.8 Å². The number of hydrogen-bond donors (Lipinski definition) is 2. The van der Waals surface area contributed by atoms with Crippen molar-refractivity contribution < 1.29 is 14.8 Å². The van der Waals surface area contributed by atoms with Crippen LogP contribution in [0.15, 0.2) is 18.2 Å². The quantitative estimate of drug-likeness (QED) is 0.600. The standard InChI is InChI=1S/C12H18N2O4/c1-4-12(2,8-15)13-9-5-10(14(16)17)7-11(6-9)18-3/h5-7,13,15H,4,8H2,1-3H3. The molecule has 0 bridgehead atoms. The minimum Gasteiger partial charge on any atom is -0.496 e. The van der Waals surface area contributed by atoms with Gasteiger partial charge >= 0.3 is 0 Å². The zero-order valence-corrected chi connectivity index (χ0v) is 10.8. The van der Waals surface area contributed by atoms with Gasteiger partial charge in [-0.15, -0.1) is 0 Å². The van der Waals surface area contributed by atoms with E-state index in [9.17, 15) is 15.2 Å². The van der Waals surface area contributed by atoms with Crippen molar-refractivity contribution in [2.24, 2.45) is 0 Å². The van der Waals surface area contributed by atoms with Gasteiger partial charge in [0.15, 0.2) is 0 Å². The fourth-order valence-electron chi connectivity index (χ4n) is 1.47. The number of hydrogen-bond acceptors (Lipinski definition) is 5. The molecule has 1 atom stereocenters. The second-order valence-corrected chi connectivity index (χ2v) is 4.37. The van der Waals surface area contributed by atoms with E-state index in [-0.39, 0.29) is 12.3 Å². The van der Waals surface area contributed by atoms with Crippen LogP contribution in [0.5, 0.6) is 5.75 Å². The van der Waals surface area contributed by atoms with E-state index in [4.69, 9.17) is 4.74 Å². The Morgan fingerprint density at radius 1 is 1.50 bits per heavy atom. The third-order valence-corrected chi connectivity index (χ3v) is 2.91. The van der Waals surface area contributed by atoms with Crippen molar-refractivity contribution in [3.8, 4) is 5.75 Å². The van der Waals surface area contributed by atoms with Crippen LogP contribution in [0.25, 0.3) is 0 Å². The van der Waals surface area contributed by atoms with Gasteiger partial charge in [0.1, 0.15) is 5.75 Å². The van der Waals surface area contributed by atoms with Crippen molar-refractivity contribution in [2.45, 2.75) is 25.8 Å². The van der Waals surface area contributed by atoms with Crippen LogP contribution >= 0.6 is 0 Å². The van der Waals surface area contributed by atoms with Gasteiger partial charge in [0, 0.05) is 17.8 Å². The molecular formula is C12H18N2O4. The van der Waals surface area contributed by atoms with Gasteiger partial charge in [0.2, 0.25) is 0 Å². The molecule has 6 heteroatoms. The maximum absolute atomic E-state index is 10.8. The summed E-state index contributed by atoms with van der Waals surface area (Å²) in [5.74, 6) is 0.406. The van der Waals surface area contributed by atoms with Crippen molar-refractivity contribution in [3.63, 3.8) is 0 Å². The Kier molecular flexibility index (Phi) is 4.49. The molecule has 0 saturated heterocycles. The molecule has 0 aliphatic carbocycles. The van der Waals surface area contributed by atoms with Crippen LogP contribution in [-0.4, -0.2) is 29.3 Å². The van der Waals surface area contributed by atoms with Gasteiger partial charge in [0.05, 0.1) is 30.2 Å². The first-order valence-electron chi connectivity index (χ1n) is 5.66. The molecule has 1 unspecified atom stereocenters. The van der Waals surface area contributed by atoms with Gasteiger partial charge in [-0.25, -0.2) is 0 Å². The normalized spacial score (nSPS) is 13.8. The Morgan fingerprint density at radius 2 is 2.17 bits per heavy atom. The molecule has 0 spiro atoms. The predicted octanol–water partition coefficient (Wildman–Crippen LogP) is 2.18. The van der Waals surface area contributed by atoms with Gasteiger partial charge in [0.25, 0.3) is 5.69 Å². The summed E-state index contributed by atoms with van der Waals surface area (Å²) in [5, 5.41) is 23.2. The Morgan fingerprint density at radius 3 is 2.61 bits per heavy atom. The molecule has 2 N–H and O–H groups in total. The molecule has 0 aliphatic heterocycles. The summed E-state index contributed by atoms with van der Waals surface area (Å²) in [4.78, 5) is 10.3. The van der Waals surface area contributed by atoms with E-state index in [0.717, 1.165) is 0 Å². The van der Waals surface area contributed by atoms with Crippen molar-refractivity contribution in [3.05, 3.63) is 28.3 Å².